The summed E-state index contributed by atoms with van der Waals surface area (Å²) < 4.78 is 10.3. The molecule has 0 fully saturated rings. The van der Waals surface area contributed by atoms with Crippen LogP contribution in [0, 0.1) is 18.3 Å². The molecule has 0 N–H and O–H groups in total. The van der Waals surface area contributed by atoms with Gasteiger partial charge < -0.3 is 9.26 Å². The maximum atomic E-state index is 8.68. The Hall–Kier alpha value is -2.06. The summed E-state index contributed by atoms with van der Waals surface area (Å²) in [5.74, 6) is 1.40. The van der Waals surface area contributed by atoms with E-state index in [4.69, 9.17) is 26.1 Å². The van der Waals surface area contributed by atoms with Gasteiger partial charge in [-0.2, -0.15) is 10.2 Å². The maximum absolute atomic E-state index is 8.68. The van der Waals surface area contributed by atoms with Crippen LogP contribution in [0.1, 0.15) is 17.3 Å². The van der Waals surface area contributed by atoms with E-state index >= 15 is 0 Å². The second-order valence-electron chi connectivity index (χ2n) is 3.28. The van der Waals surface area contributed by atoms with Crippen LogP contribution in [0.5, 0.6) is 5.75 Å². The first-order valence-corrected chi connectivity index (χ1v) is 5.18. The van der Waals surface area contributed by atoms with E-state index < -0.39 is 0 Å². The number of hydrogen-bond acceptors (Lipinski definition) is 5. The summed E-state index contributed by atoms with van der Waals surface area (Å²) in [4.78, 5) is 3.99. The normalized spacial score (nSPS) is 9.94. The molecule has 0 aliphatic heterocycles. The predicted molar refractivity (Wildman–Crippen MR) is 59.5 cm³/mol. The van der Waals surface area contributed by atoms with E-state index in [9.17, 15) is 0 Å². The van der Waals surface area contributed by atoms with E-state index in [1.807, 2.05) is 6.07 Å². The lowest BCUT2D eigenvalue weighted by Crippen LogP contribution is -1.96. The first-order chi connectivity index (χ1) is 8.19. The summed E-state index contributed by atoms with van der Waals surface area (Å²) in [6, 6.07) is 6.78. The van der Waals surface area contributed by atoms with Crippen LogP contribution in [-0.2, 0) is 6.61 Å². The molecule has 86 valence electrons. The largest absolute Gasteiger partial charge is 0.482 e. The fourth-order valence-corrected chi connectivity index (χ4v) is 1.46. The molecule has 2 rings (SSSR count). The lowest BCUT2D eigenvalue weighted by atomic mass is 10.2. The smallest absolute Gasteiger partial charge is 0.264 e. The van der Waals surface area contributed by atoms with Gasteiger partial charge in [-0.05, 0) is 25.1 Å². The molecule has 2 aromatic rings. The van der Waals surface area contributed by atoms with Crippen molar-refractivity contribution in [3.63, 3.8) is 0 Å². The third-order valence-electron chi connectivity index (χ3n) is 1.98. The topological polar surface area (TPSA) is 71.9 Å². The monoisotopic (exact) mass is 249 g/mol. The molecule has 0 atom stereocenters. The Morgan fingerprint density at radius 1 is 1.53 bits per heavy atom. The number of nitrogens with zero attached hydrogens (tertiary/aromatic N) is 3. The Kier molecular flexibility index (Phi) is 3.26. The number of aryl methyl sites for hydroxylation is 1. The lowest BCUT2D eigenvalue weighted by Gasteiger charge is -2.05. The van der Waals surface area contributed by atoms with Crippen molar-refractivity contribution in [2.24, 2.45) is 0 Å². The minimum atomic E-state index is 0.145. The summed E-state index contributed by atoms with van der Waals surface area (Å²) in [5, 5.41) is 12.7. The van der Waals surface area contributed by atoms with Crippen molar-refractivity contribution in [2.45, 2.75) is 13.5 Å². The molecule has 0 saturated carbocycles. The van der Waals surface area contributed by atoms with Crippen molar-refractivity contribution in [1.29, 1.82) is 5.26 Å². The predicted octanol–water partition coefficient (Wildman–Crippen LogP) is 2.48. The van der Waals surface area contributed by atoms with Crippen LogP contribution < -0.4 is 4.74 Å². The highest BCUT2D eigenvalue weighted by atomic mass is 35.5. The van der Waals surface area contributed by atoms with Gasteiger partial charge in [0, 0.05) is 0 Å². The number of nitriles is 1. The van der Waals surface area contributed by atoms with Crippen LogP contribution in [0.25, 0.3) is 0 Å². The minimum absolute atomic E-state index is 0.145. The average Bonchev–Trinajstić information content (AvgIpc) is 2.73. The second kappa shape index (κ2) is 4.85. The van der Waals surface area contributed by atoms with Gasteiger partial charge in [0.15, 0.2) is 12.4 Å². The molecule has 5 nitrogen and oxygen atoms in total. The van der Waals surface area contributed by atoms with Crippen molar-refractivity contribution >= 4 is 11.6 Å². The van der Waals surface area contributed by atoms with Crippen LogP contribution in [0.2, 0.25) is 5.02 Å². The quantitative estimate of drug-likeness (QED) is 0.836. The molecule has 1 aromatic carbocycles. The molecule has 0 amide bonds. The highest BCUT2D eigenvalue weighted by Gasteiger charge is 2.07. The van der Waals surface area contributed by atoms with Crippen LogP contribution in [0.15, 0.2) is 22.7 Å². The van der Waals surface area contributed by atoms with Crippen molar-refractivity contribution in [3.05, 3.63) is 40.5 Å². The highest BCUT2D eigenvalue weighted by Crippen LogP contribution is 2.25. The molecule has 1 heterocycles. The van der Waals surface area contributed by atoms with Crippen molar-refractivity contribution in [3.8, 4) is 11.8 Å². The van der Waals surface area contributed by atoms with Gasteiger partial charge in [0.2, 0.25) is 0 Å². The lowest BCUT2D eigenvalue weighted by molar-refractivity contribution is 0.242. The van der Waals surface area contributed by atoms with Gasteiger partial charge in [-0.3, -0.25) is 0 Å². The number of benzene rings is 1. The Labute approximate surface area is 103 Å². The molecule has 0 aliphatic carbocycles. The first-order valence-electron chi connectivity index (χ1n) is 4.80. The molecule has 0 bridgehead atoms. The molecular formula is C11H8ClN3O2. The molecule has 6 heteroatoms. The molecule has 0 spiro atoms. The zero-order valence-corrected chi connectivity index (χ0v) is 9.73. The average molecular weight is 250 g/mol. The first kappa shape index (κ1) is 11.4. The van der Waals surface area contributed by atoms with E-state index in [-0.39, 0.29) is 6.61 Å². The van der Waals surface area contributed by atoms with Gasteiger partial charge in [-0.25, -0.2) is 0 Å². The van der Waals surface area contributed by atoms with E-state index in [1.165, 1.54) is 6.07 Å². The maximum Gasteiger partial charge on any atom is 0.264 e. The molecule has 0 radical (unpaired) electrons. The molecular weight excluding hydrogens is 242 g/mol. The van der Waals surface area contributed by atoms with E-state index in [2.05, 4.69) is 10.1 Å². The summed E-state index contributed by atoms with van der Waals surface area (Å²) in [6.07, 6.45) is 0. The summed E-state index contributed by atoms with van der Waals surface area (Å²) in [5.41, 5.74) is 0.482. The summed E-state index contributed by atoms with van der Waals surface area (Å²) in [6.45, 7) is 1.87. The van der Waals surface area contributed by atoms with Crippen LogP contribution in [-0.4, -0.2) is 10.1 Å². The number of ether oxygens (including phenoxy) is 1. The third kappa shape index (κ3) is 2.74. The number of aromatic nitrogens is 2. The van der Waals surface area contributed by atoms with E-state index in [1.54, 1.807) is 19.1 Å². The van der Waals surface area contributed by atoms with Crippen molar-refractivity contribution in [1.82, 2.24) is 10.1 Å². The molecule has 0 saturated heterocycles. The van der Waals surface area contributed by atoms with Crippen molar-refractivity contribution in [2.75, 3.05) is 0 Å². The van der Waals surface area contributed by atoms with Gasteiger partial charge >= 0.3 is 0 Å². The Morgan fingerprint density at radius 2 is 2.35 bits per heavy atom. The van der Waals surface area contributed by atoms with E-state index in [0.29, 0.717) is 28.1 Å². The summed E-state index contributed by atoms with van der Waals surface area (Å²) >= 11 is 5.94. The summed E-state index contributed by atoms with van der Waals surface area (Å²) in [7, 11) is 0. The van der Waals surface area contributed by atoms with Gasteiger partial charge in [0.05, 0.1) is 16.7 Å². The fraction of sp³-hybridized carbons (Fsp3) is 0.182. The highest BCUT2D eigenvalue weighted by molar-refractivity contribution is 6.32. The Morgan fingerprint density at radius 3 is 2.94 bits per heavy atom. The van der Waals surface area contributed by atoms with Gasteiger partial charge in [0.1, 0.15) is 5.75 Å². The SMILES string of the molecule is Cc1noc(COc2ccc(C#N)cc2Cl)n1. The van der Waals surface area contributed by atoms with Crippen molar-refractivity contribution < 1.29 is 9.26 Å². The van der Waals surface area contributed by atoms with E-state index in [0.717, 1.165) is 0 Å². The third-order valence-corrected chi connectivity index (χ3v) is 2.28. The van der Waals surface area contributed by atoms with Gasteiger partial charge in [-0.15, -0.1) is 0 Å². The second-order valence-corrected chi connectivity index (χ2v) is 3.69. The number of rotatable bonds is 3. The van der Waals surface area contributed by atoms with Gasteiger partial charge in [-0.1, -0.05) is 16.8 Å². The van der Waals surface area contributed by atoms with Crippen LogP contribution in [0.4, 0.5) is 0 Å². The Balaban J connectivity index is 2.07. The molecule has 1 aromatic heterocycles. The zero-order valence-electron chi connectivity index (χ0n) is 8.98. The minimum Gasteiger partial charge on any atom is -0.482 e. The Bertz CT molecular complexity index is 574. The zero-order chi connectivity index (χ0) is 12.3. The number of hydrogen-bond donors (Lipinski definition) is 0. The van der Waals surface area contributed by atoms with Gasteiger partial charge in [0.25, 0.3) is 5.89 Å². The van der Waals surface area contributed by atoms with Crippen LogP contribution in [0.3, 0.4) is 0 Å². The van der Waals surface area contributed by atoms with Crippen LogP contribution >= 0.6 is 11.6 Å². The molecule has 0 aliphatic rings. The molecule has 0 unspecified atom stereocenters. The standard InChI is InChI=1S/C11H8ClN3O2/c1-7-14-11(17-15-7)6-16-10-3-2-8(5-13)4-9(10)12/h2-4H,6H2,1H3. The number of halogens is 1. The fourth-order valence-electron chi connectivity index (χ4n) is 1.23. The molecule has 17 heavy (non-hydrogen) atoms.